The van der Waals surface area contributed by atoms with Crippen molar-refractivity contribution < 1.29 is 19.2 Å². The lowest BCUT2D eigenvalue weighted by atomic mass is 10.2. The predicted molar refractivity (Wildman–Crippen MR) is 69.8 cm³/mol. The van der Waals surface area contributed by atoms with Gasteiger partial charge in [0, 0.05) is 19.5 Å². The second kappa shape index (κ2) is 7.25. The minimum atomic E-state index is -0.964. The van der Waals surface area contributed by atoms with Gasteiger partial charge in [0.05, 0.1) is 5.56 Å². The molecule has 0 unspecified atom stereocenters. The van der Waals surface area contributed by atoms with Crippen LogP contribution in [0, 0.1) is 0 Å². The summed E-state index contributed by atoms with van der Waals surface area (Å²) in [4.78, 5) is 14.7. The summed E-state index contributed by atoms with van der Waals surface area (Å²) in [6.07, 6.45) is 1.99. The number of carboxylic acids is 1. The van der Waals surface area contributed by atoms with Crippen molar-refractivity contribution in [2.24, 2.45) is 0 Å². The minimum absolute atomic E-state index is 0.215. The molecule has 1 heterocycles. The fourth-order valence-corrected chi connectivity index (χ4v) is 1.59. The molecule has 0 amide bonds. The van der Waals surface area contributed by atoms with Crippen LogP contribution in [0.3, 0.4) is 0 Å². The second-order valence-electron chi connectivity index (χ2n) is 4.03. The summed E-state index contributed by atoms with van der Waals surface area (Å²) < 4.78 is 10.1. The van der Waals surface area contributed by atoms with Crippen LogP contribution in [0.25, 0.3) is 0 Å². The molecule has 106 valence electrons. The van der Waals surface area contributed by atoms with E-state index in [9.17, 15) is 4.79 Å². The number of rotatable bonds is 8. The Balaban J connectivity index is 1.63. The first kappa shape index (κ1) is 14.0. The predicted octanol–water partition coefficient (Wildman–Crippen LogP) is 0.979. The van der Waals surface area contributed by atoms with E-state index >= 15 is 0 Å². The molecule has 1 aromatic heterocycles. The first-order chi connectivity index (χ1) is 9.75. The van der Waals surface area contributed by atoms with Gasteiger partial charge in [0.15, 0.2) is 5.82 Å². The van der Waals surface area contributed by atoms with Crippen LogP contribution in [0.5, 0.6) is 5.75 Å². The van der Waals surface area contributed by atoms with Crippen molar-refractivity contribution in [1.82, 2.24) is 15.5 Å². The average Bonchev–Trinajstić information content (AvgIpc) is 2.96. The number of benzene rings is 1. The van der Waals surface area contributed by atoms with Gasteiger partial charge in [0.2, 0.25) is 6.39 Å². The molecule has 0 saturated carbocycles. The van der Waals surface area contributed by atoms with E-state index in [4.69, 9.17) is 9.84 Å². The summed E-state index contributed by atoms with van der Waals surface area (Å²) in [5, 5.41) is 15.7. The molecule has 2 aromatic rings. The smallest absolute Gasteiger partial charge is 0.335 e. The van der Waals surface area contributed by atoms with Gasteiger partial charge in [-0.1, -0.05) is 11.2 Å². The Hall–Kier alpha value is -2.41. The normalized spacial score (nSPS) is 10.4. The van der Waals surface area contributed by atoms with Crippen LogP contribution in [-0.4, -0.2) is 40.9 Å². The maximum Gasteiger partial charge on any atom is 0.335 e. The van der Waals surface area contributed by atoms with E-state index < -0.39 is 5.97 Å². The standard InChI is InChI=1S/C13H15N3O4/c17-13(18)10-2-1-3-11(8-10)19-7-6-14-5-4-12-15-9-20-16-12/h1-3,8-9,14H,4-7H2,(H,17,18). The third-order valence-corrected chi connectivity index (χ3v) is 2.56. The van der Waals surface area contributed by atoms with Crippen LogP contribution in [0.4, 0.5) is 0 Å². The largest absolute Gasteiger partial charge is 0.492 e. The highest BCUT2D eigenvalue weighted by atomic mass is 16.5. The van der Waals surface area contributed by atoms with Crippen LogP contribution < -0.4 is 10.1 Å². The Morgan fingerprint density at radius 3 is 3.05 bits per heavy atom. The SMILES string of the molecule is O=C(O)c1cccc(OCCNCCc2ncon2)c1. The number of carbonyl (C=O) groups is 1. The van der Waals surface area contributed by atoms with Crippen LogP contribution >= 0.6 is 0 Å². The third-order valence-electron chi connectivity index (χ3n) is 2.56. The summed E-state index contributed by atoms with van der Waals surface area (Å²) in [7, 11) is 0. The molecule has 0 spiro atoms. The zero-order valence-electron chi connectivity index (χ0n) is 10.8. The van der Waals surface area contributed by atoms with Crippen molar-refractivity contribution in [2.75, 3.05) is 19.7 Å². The molecule has 20 heavy (non-hydrogen) atoms. The number of nitrogens with zero attached hydrogens (tertiary/aromatic N) is 2. The van der Waals surface area contributed by atoms with E-state index in [1.165, 1.54) is 18.5 Å². The first-order valence-electron chi connectivity index (χ1n) is 6.18. The molecule has 0 atom stereocenters. The van der Waals surface area contributed by atoms with E-state index in [-0.39, 0.29) is 5.56 Å². The summed E-state index contributed by atoms with van der Waals surface area (Å²) in [6.45, 7) is 1.82. The van der Waals surface area contributed by atoms with Gasteiger partial charge < -0.3 is 19.7 Å². The van der Waals surface area contributed by atoms with Crippen LogP contribution in [-0.2, 0) is 6.42 Å². The van der Waals surface area contributed by atoms with Crippen molar-refractivity contribution in [2.45, 2.75) is 6.42 Å². The fourth-order valence-electron chi connectivity index (χ4n) is 1.59. The van der Waals surface area contributed by atoms with Gasteiger partial charge in [-0.2, -0.15) is 4.98 Å². The van der Waals surface area contributed by atoms with Crippen molar-refractivity contribution in [3.8, 4) is 5.75 Å². The highest BCUT2D eigenvalue weighted by Gasteiger charge is 2.03. The van der Waals surface area contributed by atoms with E-state index in [1.54, 1.807) is 12.1 Å². The van der Waals surface area contributed by atoms with Gasteiger partial charge in [-0.15, -0.1) is 0 Å². The highest BCUT2D eigenvalue weighted by molar-refractivity contribution is 5.87. The number of aromatic carboxylic acids is 1. The number of carboxylic acid groups (broad SMARTS) is 1. The molecule has 7 heteroatoms. The Bertz CT molecular complexity index is 542. The van der Waals surface area contributed by atoms with Gasteiger partial charge in [-0.25, -0.2) is 4.79 Å². The second-order valence-corrected chi connectivity index (χ2v) is 4.03. The van der Waals surface area contributed by atoms with E-state index in [1.807, 2.05) is 0 Å². The molecule has 0 aliphatic carbocycles. The number of hydrogen-bond donors (Lipinski definition) is 2. The molecular weight excluding hydrogens is 262 g/mol. The van der Waals surface area contributed by atoms with Gasteiger partial charge in [0.25, 0.3) is 0 Å². The first-order valence-corrected chi connectivity index (χ1v) is 6.18. The molecule has 2 rings (SSSR count). The van der Waals surface area contributed by atoms with E-state index in [2.05, 4.69) is 20.0 Å². The van der Waals surface area contributed by atoms with Gasteiger partial charge in [-0.3, -0.25) is 0 Å². The zero-order chi connectivity index (χ0) is 14.2. The number of ether oxygens (including phenoxy) is 1. The number of hydrogen-bond acceptors (Lipinski definition) is 6. The van der Waals surface area contributed by atoms with Crippen molar-refractivity contribution in [1.29, 1.82) is 0 Å². The summed E-state index contributed by atoms with van der Waals surface area (Å²) in [5.74, 6) is 0.242. The quantitative estimate of drug-likeness (QED) is 0.694. The van der Waals surface area contributed by atoms with E-state index in [0.717, 1.165) is 6.54 Å². The summed E-state index contributed by atoms with van der Waals surface area (Å²) in [5.41, 5.74) is 0.215. The summed E-state index contributed by atoms with van der Waals surface area (Å²) >= 11 is 0. The number of aromatic nitrogens is 2. The van der Waals surface area contributed by atoms with Gasteiger partial charge in [-0.05, 0) is 18.2 Å². The zero-order valence-corrected chi connectivity index (χ0v) is 10.8. The lowest BCUT2D eigenvalue weighted by Crippen LogP contribution is -2.23. The molecule has 0 aliphatic rings. The Labute approximate surface area is 115 Å². The minimum Gasteiger partial charge on any atom is -0.492 e. The Morgan fingerprint density at radius 1 is 1.40 bits per heavy atom. The van der Waals surface area contributed by atoms with Crippen molar-refractivity contribution >= 4 is 5.97 Å². The Morgan fingerprint density at radius 2 is 2.30 bits per heavy atom. The maximum atomic E-state index is 10.8. The maximum absolute atomic E-state index is 10.8. The van der Waals surface area contributed by atoms with Gasteiger partial charge >= 0.3 is 5.97 Å². The third kappa shape index (κ3) is 4.36. The molecule has 0 radical (unpaired) electrons. The van der Waals surface area contributed by atoms with E-state index in [0.29, 0.717) is 31.1 Å². The van der Waals surface area contributed by atoms with Gasteiger partial charge in [0.1, 0.15) is 12.4 Å². The lowest BCUT2D eigenvalue weighted by Gasteiger charge is -2.07. The van der Waals surface area contributed by atoms with Crippen molar-refractivity contribution in [3.63, 3.8) is 0 Å². The molecule has 1 aromatic carbocycles. The average molecular weight is 277 g/mol. The molecule has 0 saturated heterocycles. The van der Waals surface area contributed by atoms with Crippen LogP contribution in [0.2, 0.25) is 0 Å². The Kier molecular flexibility index (Phi) is 5.08. The molecule has 2 N–H and O–H groups in total. The lowest BCUT2D eigenvalue weighted by molar-refractivity contribution is 0.0696. The summed E-state index contributed by atoms with van der Waals surface area (Å²) in [6, 6.07) is 6.41. The topological polar surface area (TPSA) is 97.5 Å². The van der Waals surface area contributed by atoms with Crippen LogP contribution in [0.1, 0.15) is 16.2 Å². The van der Waals surface area contributed by atoms with Crippen molar-refractivity contribution in [3.05, 3.63) is 42.0 Å². The molecule has 0 bridgehead atoms. The van der Waals surface area contributed by atoms with Crippen LogP contribution in [0.15, 0.2) is 35.2 Å². The fraction of sp³-hybridized carbons (Fsp3) is 0.308. The molecule has 7 nitrogen and oxygen atoms in total. The molecule has 0 aliphatic heterocycles. The molecule has 0 fully saturated rings. The monoisotopic (exact) mass is 277 g/mol. The number of nitrogens with one attached hydrogen (secondary N) is 1. The highest BCUT2D eigenvalue weighted by Crippen LogP contribution is 2.12. The molecular formula is C13H15N3O4.